The molecule has 37 heavy (non-hydrogen) atoms. The Morgan fingerprint density at radius 2 is 1.86 bits per heavy atom. The summed E-state index contributed by atoms with van der Waals surface area (Å²) < 4.78 is 65.9. The number of nitrogens with zero attached hydrogens (tertiary/aromatic N) is 4. The van der Waals surface area contributed by atoms with Gasteiger partial charge in [0.1, 0.15) is 17.5 Å². The van der Waals surface area contributed by atoms with Gasteiger partial charge < -0.3 is 13.7 Å². The molecule has 0 spiro atoms. The molecule has 2 atom stereocenters. The van der Waals surface area contributed by atoms with Crippen LogP contribution in [-0.4, -0.2) is 37.1 Å². The van der Waals surface area contributed by atoms with Crippen molar-refractivity contribution in [2.75, 3.05) is 0 Å². The van der Waals surface area contributed by atoms with Crippen molar-refractivity contribution in [2.45, 2.75) is 44.1 Å². The summed E-state index contributed by atoms with van der Waals surface area (Å²) >= 11 is 18.7. The number of Topliss-reactive ketones (excluding diaryl/α,β-unsaturated/α-hetero) is 1. The van der Waals surface area contributed by atoms with Crippen LogP contribution >= 0.6 is 34.8 Å². The lowest BCUT2D eigenvalue weighted by Crippen LogP contribution is -2.41. The van der Waals surface area contributed by atoms with E-state index in [2.05, 4.69) is 15.1 Å². The lowest BCUT2D eigenvalue weighted by molar-refractivity contribution is -0.138. The fraction of sp³-hybridized carbons (Fsp3) is 0.304. The summed E-state index contributed by atoms with van der Waals surface area (Å²) in [4.78, 5) is 20.1. The Hall–Kier alpha value is -2.89. The third-order valence-corrected chi connectivity index (χ3v) is 6.81. The van der Waals surface area contributed by atoms with Crippen molar-refractivity contribution < 1.29 is 31.6 Å². The van der Waals surface area contributed by atoms with Crippen LogP contribution in [0.25, 0.3) is 28.6 Å². The topological polar surface area (TPSA) is 82.5 Å². The van der Waals surface area contributed by atoms with Gasteiger partial charge in [0.25, 0.3) is 5.89 Å². The summed E-state index contributed by atoms with van der Waals surface area (Å²) in [5.41, 5.74) is -2.48. The van der Waals surface area contributed by atoms with Gasteiger partial charge in [-0.2, -0.15) is 18.2 Å². The Kier molecular flexibility index (Phi) is 6.36. The number of halogens is 7. The Balaban J connectivity index is 1.41. The smallest absolute Gasteiger partial charge is 0.417 e. The molecule has 4 aromatic rings. The van der Waals surface area contributed by atoms with E-state index in [0.29, 0.717) is 6.42 Å². The molecular formula is C23H15Cl3F4N4O3. The minimum absolute atomic E-state index is 0.0344. The zero-order chi connectivity index (χ0) is 26.7. The Morgan fingerprint density at radius 1 is 1.11 bits per heavy atom. The largest absolute Gasteiger partial charge is 0.489 e. The van der Waals surface area contributed by atoms with Crippen LogP contribution in [-0.2, 0) is 11.0 Å². The molecule has 14 heteroatoms. The maximum Gasteiger partial charge on any atom is 0.417 e. The van der Waals surface area contributed by atoms with Crippen molar-refractivity contribution in [2.24, 2.45) is 0 Å². The first kappa shape index (κ1) is 25.7. The monoisotopic (exact) mass is 576 g/mol. The fourth-order valence-electron chi connectivity index (χ4n) is 4.02. The van der Waals surface area contributed by atoms with E-state index in [1.807, 2.05) is 0 Å². The minimum atomic E-state index is -4.59. The average molecular weight is 578 g/mol. The molecule has 0 amide bonds. The van der Waals surface area contributed by atoms with Gasteiger partial charge >= 0.3 is 6.18 Å². The predicted octanol–water partition coefficient (Wildman–Crippen LogP) is 7.26. The number of alkyl halides is 4. The van der Waals surface area contributed by atoms with Gasteiger partial charge in [-0.05, 0) is 25.5 Å². The van der Waals surface area contributed by atoms with Crippen LogP contribution < -0.4 is 4.74 Å². The first-order valence-electron chi connectivity index (χ1n) is 10.8. The third-order valence-electron chi connectivity index (χ3n) is 5.92. The third kappa shape index (κ3) is 4.99. The molecule has 194 valence electrons. The minimum Gasteiger partial charge on any atom is -0.489 e. The summed E-state index contributed by atoms with van der Waals surface area (Å²) in [7, 11) is 0. The summed E-state index contributed by atoms with van der Waals surface area (Å²) in [5.74, 6) is -0.324. The van der Waals surface area contributed by atoms with E-state index < -0.39 is 29.3 Å². The van der Waals surface area contributed by atoms with E-state index in [9.17, 15) is 22.4 Å². The Morgan fingerprint density at radius 3 is 2.57 bits per heavy atom. The normalized spacial score (nSPS) is 20.5. The van der Waals surface area contributed by atoms with Crippen molar-refractivity contribution >= 4 is 46.2 Å². The molecule has 3 aromatic heterocycles. The van der Waals surface area contributed by atoms with Gasteiger partial charge in [0.05, 0.1) is 20.6 Å². The summed E-state index contributed by atoms with van der Waals surface area (Å²) in [6.07, 6.45) is -2.75. The fourth-order valence-corrected chi connectivity index (χ4v) is 4.72. The molecule has 0 radical (unpaired) electrons. The Bertz CT molecular complexity index is 1530. The van der Waals surface area contributed by atoms with Crippen molar-refractivity contribution in [3.63, 3.8) is 0 Å². The van der Waals surface area contributed by atoms with E-state index in [0.717, 1.165) is 16.7 Å². The van der Waals surface area contributed by atoms with Gasteiger partial charge in [-0.15, -0.1) is 0 Å². The van der Waals surface area contributed by atoms with E-state index in [1.165, 1.54) is 25.3 Å². The van der Waals surface area contributed by atoms with E-state index >= 15 is 0 Å². The van der Waals surface area contributed by atoms with Crippen molar-refractivity contribution in [3.05, 3.63) is 51.2 Å². The number of rotatable bonds is 4. The number of hydrogen-bond donors (Lipinski definition) is 0. The highest BCUT2D eigenvalue weighted by Gasteiger charge is 2.40. The molecule has 2 unspecified atom stereocenters. The summed E-state index contributed by atoms with van der Waals surface area (Å²) in [6, 6.07) is 3.63. The van der Waals surface area contributed by atoms with Gasteiger partial charge in [-0.25, -0.2) is 9.37 Å². The second kappa shape index (κ2) is 9.14. The maximum absolute atomic E-state index is 14.4. The highest BCUT2D eigenvalue weighted by atomic mass is 35.5. The van der Waals surface area contributed by atoms with E-state index in [-0.39, 0.29) is 62.3 Å². The first-order valence-corrected chi connectivity index (χ1v) is 11.9. The van der Waals surface area contributed by atoms with Crippen LogP contribution in [0, 0.1) is 0 Å². The summed E-state index contributed by atoms with van der Waals surface area (Å²) in [6.45, 7) is 1.22. The van der Waals surface area contributed by atoms with E-state index in [4.69, 9.17) is 44.1 Å². The zero-order valence-corrected chi connectivity index (χ0v) is 21.0. The molecule has 7 nitrogen and oxygen atoms in total. The molecule has 1 saturated carbocycles. The number of aromatic nitrogens is 4. The number of fused-ring (bicyclic) bond motifs is 1. The molecule has 0 bridgehead atoms. The standard InChI is InChI=1S/C23H15Cl3F4N4O3/c1-22(27)7-11(2-3-18(22)35)36-17-6-13(24)12(5-14(17)25)19-32-21(37-33-19)16-9-34-8-10(23(28,29)30)4-15(26)20(34)31-16/h4-6,8-9,11H,2-3,7H2,1H3. The van der Waals surface area contributed by atoms with Crippen LogP contribution in [0.5, 0.6) is 5.75 Å². The van der Waals surface area contributed by atoms with E-state index in [1.54, 1.807) is 0 Å². The molecule has 1 fully saturated rings. The number of carbonyl (C=O) groups is 1. The summed E-state index contributed by atoms with van der Waals surface area (Å²) in [5, 5.41) is 3.95. The quantitative estimate of drug-likeness (QED) is 0.238. The van der Waals surface area contributed by atoms with Crippen molar-refractivity contribution in [1.82, 2.24) is 19.5 Å². The van der Waals surface area contributed by atoms with Gasteiger partial charge in [0, 0.05) is 36.9 Å². The molecule has 3 heterocycles. The molecule has 0 N–H and O–H groups in total. The van der Waals surface area contributed by atoms with Crippen LogP contribution in [0.3, 0.4) is 0 Å². The number of ether oxygens (including phenoxy) is 1. The molecule has 1 aromatic carbocycles. The first-order chi connectivity index (χ1) is 17.3. The van der Waals surface area contributed by atoms with Crippen LogP contribution in [0.1, 0.15) is 31.7 Å². The second-order valence-electron chi connectivity index (χ2n) is 8.72. The Labute approximate surface area is 221 Å². The SMILES string of the molecule is CC1(F)CC(Oc2cc(Cl)c(-c3noc(-c4cn5cc(C(F)(F)F)cc(Cl)c5n4)n3)cc2Cl)CCC1=O. The molecule has 0 saturated heterocycles. The second-order valence-corrected chi connectivity index (χ2v) is 9.94. The van der Waals surface area contributed by atoms with Crippen LogP contribution in [0.4, 0.5) is 17.6 Å². The highest BCUT2D eigenvalue weighted by Crippen LogP contribution is 2.39. The van der Waals surface area contributed by atoms with Crippen molar-refractivity contribution in [1.29, 1.82) is 0 Å². The van der Waals surface area contributed by atoms with Crippen molar-refractivity contribution in [3.8, 4) is 28.7 Å². The average Bonchev–Trinajstić information content (AvgIpc) is 3.45. The molecule has 0 aliphatic heterocycles. The number of pyridine rings is 1. The number of benzene rings is 1. The molecule has 5 rings (SSSR count). The van der Waals surface area contributed by atoms with Gasteiger partial charge in [-0.1, -0.05) is 40.0 Å². The molecule has 1 aliphatic carbocycles. The zero-order valence-electron chi connectivity index (χ0n) is 18.7. The van der Waals surface area contributed by atoms with Crippen LogP contribution in [0.15, 0.2) is 35.1 Å². The number of carbonyl (C=O) groups excluding carboxylic acids is 1. The molecular weight excluding hydrogens is 563 g/mol. The number of hydrogen-bond acceptors (Lipinski definition) is 6. The lowest BCUT2D eigenvalue weighted by atomic mass is 9.85. The van der Waals surface area contributed by atoms with Gasteiger partial charge in [-0.3, -0.25) is 4.79 Å². The molecule has 1 aliphatic rings. The highest BCUT2D eigenvalue weighted by molar-refractivity contribution is 6.36. The number of imidazole rings is 1. The number of ketones is 1. The maximum atomic E-state index is 14.4. The predicted molar refractivity (Wildman–Crippen MR) is 127 cm³/mol. The van der Waals surface area contributed by atoms with Gasteiger partial charge in [0.15, 0.2) is 17.1 Å². The lowest BCUT2D eigenvalue weighted by Gasteiger charge is -2.31. The van der Waals surface area contributed by atoms with Gasteiger partial charge in [0.2, 0.25) is 5.82 Å². The van der Waals surface area contributed by atoms with Crippen LogP contribution in [0.2, 0.25) is 15.1 Å².